The minimum atomic E-state index is -0.0373. The molecule has 1 aliphatic rings. The molecule has 0 saturated carbocycles. The average molecular weight is 212 g/mol. The molecule has 4 heteroatoms. The second-order valence-electron chi connectivity index (χ2n) is 4.13. The predicted octanol–water partition coefficient (Wildman–Crippen LogP) is 0.762. The molecule has 1 heterocycles. The van der Waals surface area contributed by atoms with E-state index < -0.39 is 0 Å². The van der Waals surface area contributed by atoms with Crippen LogP contribution in [0.3, 0.4) is 0 Å². The molecule has 0 bridgehead atoms. The van der Waals surface area contributed by atoms with Gasteiger partial charge in [0.05, 0.1) is 24.9 Å². The van der Waals surface area contributed by atoms with Gasteiger partial charge in [-0.15, -0.1) is 0 Å². The van der Waals surface area contributed by atoms with Gasteiger partial charge in [-0.25, -0.2) is 0 Å². The highest BCUT2D eigenvalue weighted by Gasteiger charge is 2.23. The van der Waals surface area contributed by atoms with E-state index in [0.29, 0.717) is 6.42 Å². The summed E-state index contributed by atoms with van der Waals surface area (Å²) < 4.78 is 5.55. The van der Waals surface area contributed by atoms with Crippen LogP contribution < -0.4 is 0 Å². The van der Waals surface area contributed by atoms with Crippen LogP contribution in [0.2, 0.25) is 0 Å². The van der Waals surface area contributed by atoms with Crippen LogP contribution in [0.25, 0.3) is 0 Å². The van der Waals surface area contributed by atoms with Crippen molar-refractivity contribution in [1.29, 1.82) is 5.26 Å². The number of rotatable bonds is 5. The molecule has 1 fully saturated rings. The minimum absolute atomic E-state index is 0.0373. The lowest BCUT2D eigenvalue weighted by Gasteiger charge is -2.36. The second-order valence-corrected chi connectivity index (χ2v) is 4.13. The fraction of sp³-hybridized carbons (Fsp3) is 0.909. The first kappa shape index (κ1) is 12.4. The maximum atomic E-state index is 9.04. The van der Waals surface area contributed by atoms with Crippen LogP contribution in [0.5, 0.6) is 0 Å². The lowest BCUT2D eigenvalue weighted by molar-refractivity contribution is -0.0952. The van der Waals surface area contributed by atoms with Gasteiger partial charge in [-0.2, -0.15) is 5.26 Å². The van der Waals surface area contributed by atoms with Crippen molar-refractivity contribution in [1.82, 2.24) is 4.90 Å². The number of unbranched alkanes of at least 4 members (excludes halogenated alkanes) is 2. The molecule has 2 atom stereocenters. The van der Waals surface area contributed by atoms with Crippen molar-refractivity contribution in [2.75, 3.05) is 26.2 Å². The van der Waals surface area contributed by atoms with Crippen molar-refractivity contribution in [3.05, 3.63) is 0 Å². The number of hydrogen-bond acceptors (Lipinski definition) is 4. The highest BCUT2D eigenvalue weighted by Crippen LogP contribution is 2.11. The van der Waals surface area contributed by atoms with E-state index in [9.17, 15) is 0 Å². The fourth-order valence-electron chi connectivity index (χ4n) is 1.96. The average Bonchev–Trinajstić information content (AvgIpc) is 2.23. The molecule has 0 spiro atoms. The molecular formula is C11H20N2O2. The smallest absolute Gasteiger partial charge is 0.0936 e. The van der Waals surface area contributed by atoms with Crippen molar-refractivity contribution in [2.24, 2.45) is 0 Å². The largest absolute Gasteiger partial charge is 0.394 e. The molecule has 1 N–H and O–H groups in total. The Balaban J connectivity index is 2.20. The zero-order valence-electron chi connectivity index (χ0n) is 9.35. The Bertz CT molecular complexity index is 215. The SMILES string of the molecule is CC1CN(CCCCC#N)CC(CO)O1. The summed E-state index contributed by atoms with van der Waals surface area (Å²) in [5.74, 6) is 0. The van der Waals surface area contributed by atoms with Gasteiger partial charge in [-0.3, -0.25) is 4.90 Å². The summed E-state index contributed by atoms with van der Waals surface area (Å²) in [5.41, 5.74) is 0. The topological polar surface area (TPSA) is 56.5 Å². The minimum Gasteiger partial charge on any atom is -0.394 e. The maximum absolute atomic E-state index is 9.04. The molecule has 0 aromatic carbocycles. The molecule has 0 aliphatic carbocycles. The first-order valence-corrected chi connectivity index (χ1v) is 5.62. The van der Waals surface area contributed by atoms with Crippen molar-refractivity contribution in [2.45, 2.75) is 38.4 Å². The Hall–Kier alpha value is -0.630. The van der Waals surface area contributed by atoms with Crippen molar-refractivity contribution < 1.29 is 9.84 Å². The van der Waals surface area contributed by atoms with E-state index in [-0.39, 0.29) is 18.8 Å². The Morgan fingerprint density at radius 1 is 1.47 bits per heavy atom. The summed E-state index contributed by atoms with van der Waals surface area (Å²) in [5, 5.41) is 17.5. The van der Waals surface area contributed by atoms with E-state index in [2.05, 4.69) is 11.0 Å². The number of aliphatic hydroxyl groups excluding tert-OH is 1. The zero-order valence-corrected chi connectivity index (χ0v) is 9.35. The number of aliphatic hydroxyl groups is 1. The molecule has 0 radical (unpaired) electrons. The van der Waals surface area contributed by atoms with Crippen molar-refractivity contribution in [3.8, 4) is 6.07 Å². The standard InChI is InChI=1S/C11H20N2O2/c1-10-7-13(6-4-2-3-5-12)8-11(9-14)15-10/h10-11,14H,2-4,6-9H2,1H3. The second kappa shape index (κ2) is 6.78. The van der Waals surface area contributed by atoms with E-state index >= 15 is 0 Å². The first-order valence-electron chi connectivity index (χ1n) is 5.62. The quantitative estimate of drug-likeness (QED) is 0.684. The van der Waals surface area contributed by atoms with Gasteiger partial charge < -0.3 is 9.84 Å². The predicted molar refractivity (Wildman–Crippen MR) is 57.3 cm³/mol. The van der Waals surface area contributed by atoms with Crippen LogP contribution in [0.4, 0.5) is 0 Å². The van der Waals surface area contributed by atoms with Gasteiger partial charge in [0.1, 0.15) is 0 Å². The Morgan fingerprint density at radius 2 is 2.27 bits per heavy atom. The van der Waals surface area contributed by atoms with Crippen molar-refractivity contribution >= 4 is 0 Å². The molecule has 2 unspecified atom stereocenters. The van der Waals surface area contributed by atoms with Gasteiger partial charge in [0.2, 0.25) is 0 Å². The summed E-state index contributed by atoms with van der Waals surface area (Å²) in [7, 11) is 0. The number of hydrogen-bond donors (Lipinski definition) is 1. The van der Waals surface area contributed by atoms with E-state index in [1.54, 1.807) is 0 Å². The van der Waals surface area contributed by atoms with Crippen LogP contribution in [-0.2, 0) is 4.74 Å². The van der Waals surface area contributed by atoms with Gasteiger partial charge >= 0.3 is 0 Å². The Labute approximate surface area is 91.4 Å². The summed E-state index contributed by atoms with van der Waals surface area (Å²) in [4.78, 5) is 2.31. The summed E-state index contributed by atoms with van der Waals surface area (Å²) in [6.45, 7) is 4.88. The molecule has 1 saturated heterocycles. The molecule has 1 rings (SSSR count). The third-order valence-electron chi connectivity index (χ3n) is 2.62. The van der Waals surface area contributed by atoms with E-state index in [0.717, 1.165) is 32.5 Å². The van der Waals surface area contributed by atoms with Gasteiger partial charge in [-0.05, 0) is 26.3 Å². The molecule has 4 nitrogen and oxygen atoms in total. The van der Waals surface area contributed by atoms with E-state index in [4.69, 9.17) is 15.1 Å². The molecule has 15 heavy (non-hydrogen) atoms. The van der Waals surface area contributed by atoms with E-state index in [1.807, 2.05) is 6.92 Å². The highest BCUT2D eigenvalue weighted by molar-refractivity contribution is 4.76. The van der Waals surface area contributed by atoms with Crippen molar-refractivity contribution in [3.63, 3.8) is 0 Å². The summed E-state index contributed by atoms with van der Waals surface area (Å²) >= 11 is 0. The zero-order chi connectivity index (χ0) is 11.1. The van der Waals surface area contributed by atoms with Crippen LogP contribution in [0.1, 0.15) is 26.2 Å². The monoisotopic (exact) mass is 212 g/mol. The van der Waals surface area contributed by atoms with Gasteiger partial charge in [0.15, 0.2) is 0 Å². The Kier molecular flexibility index (Phi) is 5.62. The molecule has 0 aromatic rings. The summed E-state index contributed by atoms with van der Waals surface area (Å²) in [6, 6.07) is 2.15. The van der Waals surface area contributed by atoms with Crippen LogP contribution in [0.15, 0.2) is 0 Å². The fourth-order valence-corrected chi connectivity index (χ4v) is 1.96. The molecule has 0 amide bonds. The number of nitrogens with zero attached hydrogens (tertiary/aromatic N) is 2. The van der Waals surface area contributed by atoms with Gasteiger partial charge in [-0.1, -0.05) is 0 Å². The number of nitriles is 1. The number of ether oxygens (including phenoxy) is 1. The molecule has 86 valence electrons. The summed E-state index contributed by atoms with van der Waals surface area (Å²) in [6.07, 6.45) is 2.82. The van der Waals surface area contributed by atoms with Gasteiger partial charge in [0, 0.05) is 19.5 Å². The molecule has 0 aromatic heterocycles. The lowest BCUT2D eigenvalue weighted by atomic mass is 10.2. The highest BCUT2D eigenvalue weighted by atomic mass is 16.5. The van der Waals surface area contributed by atoms with Crippen LogP contribution in [-0.4, -0.2) is 48.5 Å². The molecule has 1 aliphatic heterocycles. The number of morpholine rings is 1. The first-order chi connectivity index (χ1) is 7.26. The van der Waals surface area contributed by atoms with Crippen LogP contribution in [0, 0.1) is 11.3 Å². The third-order valence-corrected chi connectivity index (χ3v) is 2.62. The molecular weight excluding hydrogens is 192 g/mol. The maximum Gasteiger partial charge on any atom is 0.0936 e. The van der Waals surface area contributed by atoms with Gasteiger partial charge in [0.25, 0.3) is 0 Å². The third kappa shape index (κ3) is 4.61. The normalized spacial score (nSPS) is 27.5. The van der Waals surface area contributed by atoms with E-state index in [1.165, 1.54) is 0 Å². The van der Waals surface area contributed by atoms with Crippen LogP contribution >= 0.6 is 0 Å². The lowest BCUT2D eigenvalue weighted by Crippen LogP contribution is -2.48. The Morgan fingerprint density at radius 3 is 2.93 bits per heavy atom.